The maximum atomic E-state index is 12.0. The van der Waals surface area contributed by atoms with E-state index in [9.17, 15) is 4.79 Å². The SMILES string of the molecule is O=C(Nc1cn[nH]c1)c1cnn(-c2ccc(Br)cc2)c1. The summed E-state index contributed by atoms with van der Waals surface area (Å²) in [5.74, 6) is -0.227. The van der Waals surface area contributed by atoms with Crippen LogP contribution in [0, 0.1) is 0 Å². The smallest absolute Gasteiger partial charge is 0.258 e. The molecule has 6 nitrogen and oxygen atoms in total. The van der Waals surface area contributed by atoms with Gasteiger partial charge in [-0.25, -0.2) is 4.68 Å². The number of rotatable bonds is 3. The Kier molecular flexibility index (Phi) is 3.34. The molecule has 0 radical (unpaired) electrons. The predicted octanol–water partition coefficient (Wildman–Crippen LogP) is 2.61. The van der Waals surface area contributed by atoms with Crippen molar-refractivity contribution < 1.29 is 4.79 Å². The molecule has 1 amide bonds. The van der Waals surface area contributed by atoms with Gasteiger partial charge in [0, 0.05) is 16.9 Å². The fraction of sp³-hybridized carbons (Fsp3) is 0. The third-order valence-corrected chi connectivity index (χ3v) is 3.22. The van der Waals surface area contributed by atoms with Crippen LogP contribution in [-0.2, 0) is 0 Å². The summed E-state index contributed by atoms with van der Waals surface area (Å²) in [6.45, 7) is 0. The third kappa shape index (κ3) is 2.62. The second kappa shape index (κ2) is 5.30. The summed E-state index contributed by atoms with van der Waals surface area (Å²) in [4.78, 5) is 12.0. The number of hydrogen-bond acceptors (Lipinski definition) is 3. The fourth-order valence-electron chi connectivity index (χ4n) is 1.70. The summed E-state index contributed by atoms with van der Waals surface area (Å²) in [5, 5.41) is 13.3. The van der Waals surface area contributed by atoms with E-state index in [1.54, 1.807) is 17.1 Å². The molecule has 0 aliphatic rings. The van der Waals surface area contributed by atoms with E-state index in [2.05, 4.69) is 36.5 Å². The first-order valence-corrected chi connectivity index (χ1v) is 6.62. The number of aromatic nitrogens is 4. The van der Waals surface area contributed by atoms with Gasteiger partial charge in [0.15, 0.2) is 0 Å². The average Bonchev–Trinajstić information content (AvgIpc) is 3.10. The number of carbonyl (C=O) groups is 1. The minimum atomic E-state index is -0.227. The molecule has 100 valence electrons. The second-order valence-corrected chi connectivity index (χ2v) is 5.01. The van der Waals surface area contributed by atoms with Gasteiger partial charge in [0.1, 0.15) is 0 Å². The number of anilines is 1. The molecule has 1 aromatic carbocycles. The number of nitrogens with one attached hydrogen (secondary N) is 2. The van der Waals surface area contributed by atoms with E-state index in [1.807, 2.05) is 24.3 Å². The molecule has 3 aromatic rings. The molecule has 7 heteroatoms. The first kappa shape index (κ1) is 12.6. The largest absolute Gasteiger partial charge is 0.319 e. The molecule has 0 atom stereocenters. The second-order valence-electron chi connectivity index (χ2n) is 4.09. The van der Waals surface area contributed by atoms with E-state index in [1.165, 1.54) is 12.4 Å². The highest BCUT2D eigenvalue weighted by atomic mass is 79.9. The first-order chi connectivity index (χ1) is 9.72. The van der Waals surface area contributed by atoms with Gasteiger partial charge in [-0.2, -0.15) is 10.2 Å². The van der Waals surface area contributed by atoms with Gasteiger partial charge in [-0.3, -0.25) is 9.89 Å². The molecule has 2 heterocycles. The molecule has 0 saturated carbocycles. The molecule has 20 heavy (non-hydrogen) atoms. The summed E-state index contributed by atoms with van der Waals surface area (Å²) in [7, 11) is 0. The Morgan fingerprint density at radius 3 is 2.75 bits per heavy atom. The van der Waals surface area contributed by atoms with Gasteiger partial charge in [0.2, 0.25) is 0 Å². The maximum absolute atomic E-state index is 12.0. The lowest BCUT2D eigenvalue weighted by atomic mass is 10.3. The van der Waals surface area contributed by atoms with Crippen molar-refractivity contribution in [2.45, 2.75) is 0 Å². The van der Waals surface area contributed by atoms with Crippen LogP contribution in [0.5, 0.6) is 0 Å². The van der Waals surface area contributed by atoms with E-state index >= 15 is 0 Å². The van der Waals surface area contributed by atoms with E-state index in [0.29, 0.717) is 11.3 Å². The quantitative estimate of drug-likeness (QED) is 0.774. The Labute approximate surface area is 122 Å². The highest BCUT2D eigenvalue weighted by Crippen LogP contribution is 2.14. The van der Waals surface area contributed by atoms with Crippen LogP contribution in [0.15, 0.2) is 53.5 Å². The predicted molar refractivity (Wildman–Crippen MR) is 77.8 cm³/mol. The molecule has 2 aromatic heterocycles. The van der Waals surface area contributed by atoms with Crippen molar-refractivity contribution in [3.63, 3.8) is 0 Å². The van der Waals surface area contributed by atoms with Crippen molar-refractivity contribution in [1.29, 1.82) is 0 Å². The molecule has 0 aliphatic heterocycles. The number of halogens is 1. The molecule has 3 rings (SSSR count). The van der Waals surface area contributed by atoms with Crippen molar-refractivity contribution in [3.05, 3.63) is 59.1 Å². The third-order valence-electron chi connectivity index (χ3n) is 2.69. The van der Waals surface area contributed by atoms with E-state index in [0.717, 1.165) is 10.2 Å². The normalized spacial score (nSPS) is 10.4. The van der Waals surface area contributed by atoms with Crippen molar-refractivity contribution in [2.75, 3.05) is 5.32 Å². The monoisotopic (exact) mass is 331 g/mol. The summed E-state index contributed by atoms with van der Waals surface area (Å²) < 4.78 is 2.64. The van der Waals surface area contributed by atoms with Crippen LogP contribution >= 0.6 is 15.9 Å². The zero-order chi connectivity index (χ0) is 13.9. The first-order valence-electron chi connectivity index (χ1n) is 5.83. The Morgan fingerprint density at radius 2 is 2.05 bits per heavy atom. The number of benzene rings is 1. The number of carbonyl (C=O) groups excluding carboxylic acids is 1. The van der Waals surface area contributed by atoms with Crippen LogP contribution in [0.2, 0.25) is 0 Å². The summed E-state index contributed by atoms with van der Waals surface area (Å²) in [6, 6.07) is 7.66. The van der Waals surface area contributed by atoms with Crippen molar-refractivity contribution in [3.8, 4) is 5.69 Å². The van der Waals surface area contributed by atoms with Crippen LogP contribution in [-0.4, -0.2) is 25.9 Å². The van der Waals surface area contributed by atoms with Crippen molar-refractivity contribution in [1.82, 2.24) is 20.0 Å². The fourth-order valence-corrected chi connectivity index (χ4v) is 1.96. The van der Waals surface area contributed by atoms with Crippen molar-refractivity contribution >= 4 is 27.5 Å². The van der Waals surface area contributed by atoms with E-state index in [4.69, 9.17) is 0 Å². The Hall–Kier alpha value is -2.41. The molecular formula is C13H10BrN5O. The number of nitrogens with zero attached hydrogens (tertiary/aromatic N) is 3. The average molecular weight is 332 g/mol. The summed E-state index contributed by atoms with van der Waals surface area (Å²) in [6.07, 6.45) is 6.35. The molecule has 0 aliphatic carbocycles. The molecule has 0 unspecified atom stereocenters. The van der Waals surface area contributed by atoms with Gasteiger partial charge in [-0.15, -0.1) is 0 Å². The van der Waals surface area contributed by atoms with Crippen molar-refractivity contribution in [2.24, 2.45) is 0 Å². The molecule has 0 fully saturated rings. The number of aromatic amines is 1. The Morgan fingerprint density at radius 1 is 1.25 bits per heavy atom. The molecule has 2 N–H and O–H groups in total. The van der Waals surface area contributed by atoms with Gasteiger partial charge < -0.3 is 5.32 Å². The molecule has 0 saturated heterocycles. The van der Waals surface area contributed by atoms with Crippen LogP contribution in [0.4, 0.5) is 5.69 Å². The summed E-state index contributed by atoms with van der Waals surface area (Å²) in [5.41, 5.74) is 1.98. The Balaban J connectivity index is 1.79. The number of amides is 1. The van der Waals surface area contributed by atoms with Crippen LogP contribution in [0.1, 0.15) is 10.4 Å². The minimum Gasteiger partial charge on any atom is -0.319 e. The minimum absolute atomic E-state index is 0.227. The standard InChI is InChI=1S/C13H10BrN5O/c14-10-1-3-12(4-2-10)19-8-9(5-17-19)13(20)18-11-6-15-16-7-11/h1-8H,(H,15,16)(H,18,20). The number of H-pyrrole nitrogens is 1. The lowest BCUT2D eigenvalue weighted by molar-refractivity contribution is 0.102. The van der Waals surface area contributed by atoms with Crippen LogP contribution < -0.4 is 5.32 Å². The van der Waals surface area contributed by atoms with E-state index < -0.39 is 0 Å². The zero-order valence-electron chi connectivity index (χ0n) is 10.2. The zero-order valence-corrected chi connectivity index (χ0v) is 11.8. The van der Waals surface area contributed by atoms with Gasteiger partial charge >= 0.3 is 0 Å². The molecule has 0 bridgehead atoms. The van der Waals surface area contributed by atoms with E-state index in [-0.39, 0.29) is 5.91 Å². The van der Waals surface area contributed by atoms with Gasteiger partial charge in [-0.05, 0) is 24.3 Å². The lowest BCUT2D eigenvalue weighted by Gasteiger charge is -2.01. The Bertz CT molecular complexity index is 718. The van der Waals surface area contributed by atoms with Gasteiger partial charge in [-0.1, -0.05) is 15.9 Å². The van der Waals surface area contributed by atoms with Gasteiger partial charge in [0.25, 0.3) is 5.91 Å². The van der Waals surface area contributed by atoms with Crippen LogP contribution in [0.3, 0.4) is 0 Å². The maximum Gasteiger partial charge on any atom is 0.258 e. The van der Waals surface area contributed by atoms with Gasteiger partial charge in [0.05, 0.1) is 29.3 Å². The summed E-state index contributed by atoms with van der Waals surface area (Å²) >= 11 is 3.38. The number of hydrogen-bond donors (Lipinski definition) is 2. The highest BCUT2D eigenvalue weighted by Gasteiger charge is 2.10. The topological polar surface area (TPSA) is 75.6 Å². The molecular weight excluding hydrogens is 322 g/mol. The lowest BCUT2D eigenvalue weighted by Crippen LogP contribution is -2.10. The molecule has 0 spiro atoms. The highest BCUT2D eigenvalue weighted by molar-refractivity contribution is 9.10. The van der Waals surface area contributed by atoms with Crippen LogP contribution in [0.25, 0.3) is 5.69 Å².